The van der Waals surface area contributed by atoms with Crippen molar-refractivity contribution in [1.29, 1.82) is 0 Å². The monoisotopic (exact) mass is 562 g/mol. The van der Waals surface area contributed by atoms with Crippen molar-refractivity contribution in [2.45, 2.75) is 37.2 Å². The normalized spacial score (nSPS) is 15.3. The molecule has 6 rings (SSSR count). The lowest BCUT2D eigenvalue weighted by atomic mass is 10.0. The Morgan fingerprint density at radius 3 is 2.60 bits per heavy atom. The first-order valence-electron chi connectivity index (χ1n) is 12.9. The van der Waals surface area contributed by atoms with Crippen molar-refractivity contribution < 1.29 is 27.1 Å². The minimum absolute atomic E-state index is 0.00916. The maximum atomic E-state index is 14.9. The number of nitrogens with one attached hydrogen (secondary N) is 2. The van der Waals surface area contributed by atoms with Crippen LogP contribution in [-0.2, 0) is 16.4 Å². The zero-order valence-corrected chi connectivity index (χ0v) is 22.8. The number of carbonyl (C=O) groups is 2. The van der Waals surface area contributed by atoms with Crippen molar-refractivity contribution in [1.82, 2.24) is 20.2 Å². The molecule has 0 unspecified atom stereocenters. The molecule has 206 valence electrons. The molecule has 1 aliphatic heterocycles. The number of carbonyl (C=O) groups excluding carboxylic acids is 2. The number of amides is 2. The maximum Gasteiger partial charge on any atom is 0.287 e. The number of aromatic nitrogens is 2. The van der Waals surface area contributed by atoms with E-state index in [4.69, 9.17) is 4.74 Å². The van der Waals surface area contributed by atoms with Crippen LogP contribution in [0.1, 0.15) is 44.9 Å². The molecule has 4 aromatic rings. The summed E-state index contributed by atoms with van der Waals surface area (Å²) in [5.41, 5.74) is 4.08. The van der Waals surface area contributed by atoms with Gasteiger partial charge in [0.2, 0.25) is 0 Å². The number of imidazole rings is 1. The van der Waals surface area contributed by atoms with E-state index in [2.05, 4.69) is 15.3 Å². The van der Waals surface area contributed by atoms with Gasteiger partial charge in [-0.25, -0.2) is 17.8 Å². The van der Waals surface area contributed by atoms with Crippen LogP contribution in [-0.4, -0.2) is 60.5 Å². The van der Waals surface area contributed by atoms with E-state index in [0.717, 1.165) is 47.4 Å². The summed E-state index contributed by atoms with van der Waals surface area (Å²) < 4.78 is 44.5. The van der Waals surface area contributed by atoms with Crippen molar-refractivity contribution in [3.8, 4) is 16.9 Å². The Morgan fingerprint density at radius 1 is 1.10 bits per heavy atom. The fourth-order valence-corrected chi connectivity index (χ4v) is 5.67. The molecule has 40 heavy (non-hydrogen) atoms. The molecule has 2 aliphatic rings. The SMILES string of the molecule is Cc1c(C(=O)N2CCOc3ccc(-c4ccc5nc(C(=O)NC6CC6)[nH]c5c4)cc3C2)ccc(S(C)(=O)=O)c1F. The van der Waals surface area contributed by atoms with E-state index in [1.54, 1.807) is 4.90 Å². The lowest BCUT2D eigenvalue weighted by Crippen LogP contribution is -2.33. The summed E-state index contributed by atoms with van der Waals surface area (Å²) in [5, 5.41) is 2.93. The zero-order chi connectivity index (χ0) is 28.2. The quantitative estimate of drug-likeness (QED) is 0.379. The molecule has 11 heteroatoms. The Morgan fingerprint density at radius 2 is 1.85 bits per heavy atom. The van der Waals surface area contributed by atoms with Gasteiger partial charge in [-0.15, -0.1) is 0 Å². The molecular weight excluding hydrogens is 535 g/mol. The Hall–Kier alpha value is -4.25. The highest BCUT2D eigenvalue weighted by Gasteiger charge is 2.27. The molecule has 0 spiro atoms. The predicted molar refractivity (Wildman–Crippen MR) is 147 cm³/mol. The number of benzene rings is 3. The van der Waals surface area contributed by atoms with Gasteiger partial charge in [0.25, 0.3) is 11.8 Å². The second-order valence-electron chi connectivity index (χ2n) is 10.3. The average molecular weight is 563 g/mol. The zero-order valence-electron chi connectivity index (χ0n) is 22.0. The van der Waals surface area contributed by atoms with Gasteiger partial charge >= 0.3 is 0 Å². The molecule has 1 aliphatic carbocycles. The van der Waals surface area contributed by atoms with Gasteiger partial charge in [-0.3, -0.25) is 9.59 Å². The highest BCUT2D eigenvalue weighted by molar-refractivity contribution is 7.90. The summed E-state index contributed by atoms with van der Waals surface area (Å²) in [6, 6.07) is 14.2. The molecule has 0 saturated heterocycles. The van der Waals surface area contributed by atoms with Crippen LogP contribution >= 0.6 is 0 Å². The Kier molecular flexibility index (Phi) is 6.33. The topological polar surface area (TPSA) is 121 Å². The lowest BCUT2D eigenvalue weighted by Gasteiger charge is -2.21. The predicted octanol–water partition coefficient (Wildman–Crippen LogP) is 4.01. The van der Waals surface area contributed by atoms with Crippen LogP contribution in [0.5, 0.6) is 5.75 Å². The third-order valence-electron chi connectivity index (χ3n) is 7.25. The van der Waals surface area contributed by atoms with Gasteiger partial charge in [0.15, 0.2) is 15.7 Å². The van der Waals surface area contributed by atoms with Crippen molar-refractivity contribution in [3.05, 3.63) is 76.9 Å². The summed E-state index contributed by atoms with van der Waals surface area (Å²) in [6.45, 7) is 2.18. The van der Waals surface area contributed by atoms with Crippen molar-refractivity contribution in [3.63, 3.8) is 0 Å². The van der Waals surface area contributed by atoms with Gasteiger partial charge in [0.1, 0.15) is 23.1 Å². The van der Waals surface area contributed by atoms with Gasteiger partial charge in [0.05, 0.1) is 17.6 Å². The second kappa shape index (κ2) is 9.74. The van der Waals surface area contributed by atoms with E-state index in [-0.39, 0.29) is 48.6 Å². The van der Waals surface area contributed by atoms with E-state index in [1.807, 2.05) is 36.4 Å². The summed E-state index contributed by atoms with van der Waals surface area (Å²) in [5.74, 6) is -0.609. The average Bonchev–Trinajstić information content (AvgIpc) is 3.67. The van der Waals surface area contributed by atoms with Crippen LogP contribution in [0.25, 0.3) is 22.2 Å². The number of H-pyrrole nitrogens is 1. The standard InChI is InChI=1S/C29H27FN4O5S/c1-16-21(7-10-25(26(16)30)40(2,37)38)29(36)34-11-12-39-24-9-4-17(13-19(24)15-34)18-3-8-22-23(14-18)33-27(32-22)28(35)31-20-5-6-20/h3-4,7-10,13-14,20H,5-6,11-12,15H2,1-2H3,(H,31,35)(H,32,33). The molecule has 0 radical (unpaired) electrons. The smallest absolute Gasteiger partial charge is 0.287 e. The number of fused-ring (bicyclic) bond motifs is 2. The Balaban J connectivity index is 1.27. The van der Waals surface area contributed by atoms with Crippen molar-refractivity contribution >= 4 is 32.7 Å². The number of halogens is 1. The minimum Gasteiger partial charge on any atom is -0.491 e. The van der Waals surface area contributed by atoms with E-state index in [0.29, 0.717) is 11.3 Å². The molecule has 2 amide bonds. The van der Waals surface area contributed by atoms with Gasteiger partial charge in [-0.2, -0.15) is 0 Å². The first-order chi connectivity index (χ1) is 19.1. The lowest BCUT2D eigenvalue weighted by molar-refractivity contribution is 0.0731. The molecule has 3 aromatic carbocycles. The summed E-state index contributed by atoms with van der Waals surface area (Å²) in [7, 11) is -3.77. The minimum atomic E-state index is -3.77. The van der Waals surface area contributed by atoms with Gasteiger partial charge < -0.3 is 19.9 Å². The van der Waals surface area contributed by atoms with Crippen LogP contribution < -0.4 is 10.1 Å². The molecule has 0 bridgehead atoms. The molecule has 1 fully saturated rings. The number of hydrogen-bond donors (Lipinski definition) is 2. The number of hydrogen-bond acceptors (Lipinski definition) is 6. The number of ether oxygens (including phenoxy) is 1. The molecule has 1 aromatic heterocycles. The van der Waals surface area contributed by atoms with Crippen LogP contribution in [0.2, 0.25) is 0 Å². The number of sulfone groups is 1. The highest BCUT2D eigenvalue weighted by Crippen LogP contribution is 2.32. The van der Waals surface area contributed by atoms with Gasteiger partial charge in [-0.05, 0) is 72.9 Å². The van der Waals surface area contributed by atoms with E-state index in [9.17, 15) is 22.4 Å². The fourth-order valence-electron chi connectivity index (χ4n) is 4.87. The molecule has 1 saturated carbocycles. The molecular formula is C29H27FN4O5S. The van der Waals surface area contributed by atoms with Crippen molar-refractivity contribution in [2.75, 3.05) is 19.4 Å². The second-order valence-corrected chi connectivity index (χ2v) is 12.3. The van der Waals surface area contributed by atoms with E-state index >= 15 is 0 Å². The van der Waals surface area contributed by atoms with Crippen LogP contribution in [0.3, 0.4) is 0 Å². The number of aromatic amines is 1. The van der Waals surface area contributed by atoms with Crippen LogP contribution in [0.4, 0.5) is 4.39 Å². The number of rotatable bonds is 5. The highest BCUT2D eigenvalue weighted by atomic mass is 32.2. The van der Waals surface area contributed by atoms with Gasteiger partial charge in [0, 0.05) is 30.0 Å². The first-order valence-corrected chi connectivity index (χ1v) is 14.8. The molecule has 2 N–H and O–H groups in total. The molecule has 0 atom stereocenters. The van der Waals surface area contributed by atoms with Crippen LogP contribution in [0, 0.1) is 12.7 Å². The Labute approximate surface area is 230 Å². The third-order valence-corrected chi connectivity index (χ3v) is 8.37. The summed E-state index contributed by atoms with van der Waals surface area (Å²) >= 11 is 0. The summed E-state index contributed by atoms with van der Waals surface area (Å²) in [6.07, 6.45) is 2.92. The third kappa shape index (κ3) is 4.92. The number of nitrogens with zero attached hydrogens (tertiary/aromatic N) is 2. The molecule has 2 heterocycles. The van der Waals surface area contributed by atoms with E-state index < -0.39 is 26.5 Å². The first kappa shape index (κ1) is 26.0. The summed E-state index contributed by atoms with van der Waals surface area (Å²) in [4.78, 5) is 34.5. The van der Waals surface area contributed by atoms with Crippen molar-refractivity contribution in [2.24, 2.45) is 0 Å². The Bertz CT molecular complexity index is 1800. The van der Waals surface area contributed by atoms with Gasteiger partial charge in [-0.1, -0.05) is 12.1 Å². The maximum absolute atomic E-state index is 14.9. The largest absolute Gasteiger partial charge is 0.491 e. The fraction of sp³-hybridized carbons (Fsp3) is 0.276. The molecule has 9 nitrogen and oxygen atoms in total. The van der Waals surface area contributed by atoms with Crippen LogP contribution in [0.15, 0.2) is 53.4 Å². The van der Waals surface area contributed by atoms with E-state index in [1.165, 1.54) is 13.0 Å².